The van der Waals surface area contributed by atoms with Crippen LogP contribution in [0.2, 0.25) is 0 Å². The van der Waals surface area contributed by atoms with Crippen LogP contribution in [0.3, 0.4) is 0 Å². The first-order valence-corrected chi connectivity index (χ1v) is 6.35. The number of nitrogens with zero attached hydrogens (tertiary/aromatic N) is 2. The van der Waals surface area contributed by atoms with Crippen LogP contribution < -0.4 is 4.74 Å². The van der Waals surface area contributed by atoms with E-state index in [9.17, 15) is 0 Å². The van der Waals surface area contributed by atoms with E-state index in [2.05, 4.69) is 14.5 Å². The highest BCUT2D eigenvalue weighted by Gasteiger charge is 2.20. The zero-order valence-corrected chi connectivity index (χ0v) is 10.6. The average molecular weight is 249 g/mol. The summed E-state index contributed by atoms with van der Waals surface area (Å²) in [6.07, 6.45) is 4.95. The van der Waals surface area contributed by atoms with Crippen molar-refractivity contribution in [1.82, 2.24) is 14.5 Å². The molecule has 5 heteroatoms. The molecule has 0 spiro atoms. The number of H-pyrrole nitrogens is 1. The summed E-state index contributed by atoms with van der Waals surface area (Å²) in [5.74, 6) is 0.637. The maximum absolute atomic E-state index is 5.40. The lowest BCUT2D eigenvalue weighted by molar-refractivity contribution is 0.398. The normalized spacial score (nSPS) is 16.8. The fourth-order valence-corrected chi connectivity index (χ4v) is 2.94. The van der Waals surface area contributed by atoms with Crippen molar-refractivity contribution >= 4 is 23.4 Å². The molecule has 0 aromatic carbocycles. The first-order valence-electron chi connectivity index (χ1n) is 5.95. The second kappa shape index (κ2) is 4.14. The molecule has 1 fully saturated rings. The number of fused-ring (bicyclic) bond motifs is 1. The largest absolute Gasteiger partial charge is 0.481 e. The summed E-state index contributed by atoms with van der Waals surface area (Å²) >= 11 is 5.40. The molecule has 0 aliphatic heterocycles. The van der Waals surface area contributed by atoms with E-state index in [0.29, 0.717) is 11.9 Å². The summed E-state index contributed by atoms with van der Waals surface area (Å²) in [7, 11) is 1.63. The SMILES string of the molecule is COc1ccc2[nH]c(=S)n(C3CCCC3)c2n1. The molecule has 0 atom stereocenters. The molecular weight excluding hydrogens is 234 g/mol. The van der Waals surface area contributed by atoms with Crippen LogP contribution in [-0.4, -0.2) is 21.6 Å². The van der Waals surface area contributed by atoms with Crippen molar-refractivity contribution in [3.05, 3.63) is 16.9 Å². The van der Waals surface area contributed by atoms with Gasteiger partial charge in [0.25, 0.3) is 0 Å². The van der Waals surface area contributed by atoms with Crippen LogP contribution in [0.25, 0.3) is 11.2 Å². The Morgan fingerprint density at radius 2 is 2.18 bits per heavy atom. The number of aromatic amines is 1. The number of rotatable bonds is 2. The summed E-state index contributed by atoms with van der Waals surface area (Å²) in [5, 5.41) is 0. The number of nitrogens with one attached hydrogen (secondary N) is 1. The van der Waals surface area contributed by atoms with Crippen LogP contribution in [0.15, 0.2) is 12.1 Å². The average Bonchev–Trinajstić information content (AvgIpc) is 2.93. The zero-order chi connectivity index (χ0) is 11.8. The third kappa shape index (κ3) is 1.74. The van der Waals surface area contributed by atoms with Gasteiger partial charge in [0.15, 0.2) is 10.4 Å². The highest BCUT2D eigenvalue weighted by atomic mass is 32.1. The number of hydrogen-bond donors (Lipinski definition) is 1. The monoisotopic (exact) mass is 249 g/mol. The quantitative estimate of drug-likeness (QED) is 0.831. The lowest BCUT2D eigenvalue weighted by atomic mass is 10.2. The maximum Gasteiger partial charge on any atom is 0.215 e. The molecule has 2 aromatic rings. The fourth-order valence-electron chi connectivity index (χ4n) is 2.60. The topological polar surface area (TPSA) is 42.8 Å². The molecule has 1 N–H and O–H groups in total. The van der Waals surface area contributed by atoms with Crippen molar-refractivity contribution < 1.29 is 4.74 Å². The van der Waals surface area contributed by atoms with E-state index in [1.54, 1.807) is 7.11 Å². The van der Waals surface area contributed by atoms with Crippen LogP contribution in [0.4, 0.5) is 0 Å². The van der Waals surface area contributed by atoms with Gasteiger partial charge in [-0.25, -0.2) is 0 Å². The van der Waals surface area contributed by atoms with Gasteiger partial charge in [-0.2, -0.15) is 4.98 Å². The maximum atomic E-state index is 5.40. The molecule has 0 saturated heterocycles. The Kier molecular flexibility index (Phi) is 2.63. The van der Waals surface area contributed by atoms with Crippen molar-refractivity contribution in [3.8, 4) is 5.88 Å². The fraction of sp³-hybridized carbons (Fsp3) is 0.500. The molecule has 2 heterocycles. The molecule has 1 aliphatic carbocycles. The van der Waals surface area contributed by atoms with Gasteiger partial charge in [0, 0.05) is 12.1 Å². The van der Waals surface area contributed by atoms with Gasteiger partial charge in [-0.15, -0.1) is 0 Å². The van der Waals surface area contributed by atoms with Crippen molar-refractivity contribution in [2.24, 2.45) is 0 Å². The third-order valence-electron chi connectivity index (χ3n) is 3.44. The van der Waals surface area contributed by atoms with Gasteiger partial charge in [0.2, 0.25) is 5.88 Å². The zero-order valence-electron chi connectivity index (χ0n) is 9.77. The Balaban J connectivity index is 2.20. The third-order valence-corrected chi connectivity index (χ3v) is 3.74. The van der Waals surface area contributed by atoms with Crippen LogP contribution in [0, 0.1) is 4.77 Å². The van der Waals surface area contributed by atoms with Gasteiger partial charge in [-0.05, 0) is 31.1 Å². The molecule has 90 valence electrons. The Hall–Kier alpha value is -1.36. The van der Waals surface area contributed by atoms with E-state index in [1.165, 1.54) is 25.7 Å². The van der Waals surface area contributed by atoms with E-state index in [0.717, 1.165) is 15.9 Å². The molecule has 0 unspecified atom stereocenters. The molecule has 0 amide bonds. The standard InChI is InChI=1S/C12H15N3OS/c1-16-10-7-6-9-11(14-10)15(12(17)13-9)8-4-2-3-5-8/h6-8H,2-5H2,1H3,(H,13,17). The number of imidazole rings is 1. The number of pyridine rings is 1. The van der Waals surface area contributed by atoms with Crippen molar-refractivity contribution in [1.29, 1.82) is 0 Å². The molecule has 2 aromatic heterocycles. The highest BCUT2D eigenvalue weighted by Crippen LogP contribution is 2.32. The molecule has 17 heavy (non-hydrogen) atoms. The van der Waals surface area contributed by atoms with Crippen molar-refractivity contribution in [2.45, 2.75) is 31.7 Å². The lowest BCUT2D eigenvalue weighted by Gasteiger charge is -2.11. The predicted octanol–water partition coefficient (Wildman–Crippen LogP) is 3.22. The first-order chi connectivity index (χ1) is 8.29. The van der Waals surface area contributed by atoms with E-state index in [4.69, 9.17) is 17.0 Å². The first kappa shape index (κ1) is 10.8. The van der Waals surface area contributed by atoms with Crippen molar-refractivity contribution in [2.75, 3.05) is 7.11 Å². The molecule has 1 saturated carbocycles. The summed E-state index contributed by atoms with van der Waals surface area (Å²) in [6.45, 7) is 0. The van der Waals surface area contributed by atoms with Gasteiger partial charge in [0.1, 0.15) is 0 Å². The van der Waals surface area contributed by atoms with Gasteiger partial charge in [0.05, 0.1) is 12.6 Å². The summed E-state index contributed by atoms with van der Waals surface area (Å²) in [4.78, 5) is 7.72. The van der Waals surface area contributed by atoms with Crippen LogP contribution in [0.5, 0.6) is 5.88 Å². The molecular formula is C12H15N3OS. The number of ether oxygens (including phenoxy) is 1. The Morgan fingerprint density at radius 3 is 2.88 bits per heavy atom. The highest BCUT2D eigenvalue weighted by molar-refractivity contribution is 7.71. The molecule has 0 bridgehead atoms. The molecule has 0 radical (unpaired) electrons. The predicted molar refractivity (Wildman–Crippen MR) is 69.0 cm³/mol. The Morgan fingerprint density at radius 1 is 1.41 bits per heavy atom. The van der Waals surface area contributed by atoms with Crippen LogP contribution >= 0.6 is 12.2 Å². The molecule has 3 rings (SSSR count). The molecule has 1 aliphatic rings. The van der Waals surface area contributed by atoms with Gasteiger partial charge < -0.3 is 9.72 Å². The van der Waals surface area contributed by atoms with E-state index in [-0.39, 0.29) is 0 Å². The van der Waals surface area contributed by atoms with Crippen molar-refractivity contribution in [3.63, 3.8) is 0 Å². The number of hydrogen-bond acceptors (Lipinski definition) is 3. The van der Waals surface area contributed by atoms with Gasteiger partial charge in [-0.3, -0.25) is 4.57 Å². The van der Waals surface area contributed by atoms with Crippen LogP contribution in [0.1, 0.15) is 31.7 Å². The van der Waals surface area contributed by atoms with Gasteiger partial charge >= 0.3 is 0 Å². The number of methoxy groups -OCH3 is 1. The minimum atomic E-state index is 0.496. The second-order valence-corrected chi connectivity index (χ2v) is 4.85. The molecule has 4 nitrogen and oxygen atoms in total. The lowest BCUT2D eigenvalue weighted by Crippen LogP contribution is -2.05. The minimum Gasteiger partial charge on any atom is -0.481 e. The smallest absolute Gasteiger partial charge is 0.215 e. The van der Waals surface area contributed by atoms with Gasteiger partial charge in [-0.1, -0.05) is 12.8 Å². The second-order valence-electron chi connectivity index (χ2n) is 4.46. The Labute approximate surface area is 105 Å². The van der Waals surface area contributed by atoms with E-state index < -0.39 is 0 Å². The summed E-state index contributed by atoms with van der Waals surface area (Å²) in [6, 6.07) is 4.32. The minimum absolute atomic E-state index is 0.496. The summed E-state index contributed by atoms with van der Waals surface area (Å²) in [5.41, 5.74) is 1.91. The van der Waals surface area contributed by atoms with Crippen LogP contribution in [-0.2, 0) is 0 Å². The van der Waals surface area contributed by atoms with E-state index >= 15 is 0 Å². The van der Waals surface area contributed by atoms with E-state index in [1.807, 2.05) is 12.1 Å². The Bertz CT molecular complexity index is 595. The summed E-state index contributed by atoms with van der Waals surface area (Å²) < 4.78 is 8.10. The number of aromatic nitrogens is 3.